The molecule has 0 aliphatic rings. The van der Waals surface area contributed by atoms with Crippen LogP contribution >= 0.6 is 7.82 Å². The lowest BCUT2D eigenvalue weighted by Gasteiger charge is -2.24. The average molecular weight is 281 g/mol. The minimum absolute atomic E-state index is 0.0995. The topological polar surface area (TPSA) is 84.9 Å². The molecule has 18 heavy (non-hydrogen) atoms. The van der Waals surface area contributed by atoms with Crippen LogP contribution in [0.15, 0.2) is 12.7 Å². The first kappa shape index (κ1) is 17.3. The lowest BCUT2D eigenvalue weighted by Crippen LogP contribution is -2.37. The van der Waals surface area contributed by atoms with Crippen LogP contribution in [0.1, 0.15) is 0 Å². The first-order chi connectivity index (χ1) is 8.16. The number of phosphoric ester groups is 1. The summed E-state index contributed by atoms with van der Waals surface area (Å²) in [6.07, 6.45) is 1.11. The quantitative estimate of drug-likeness (QED) is 0.271. The molecule has 0 aliphatic carbocycles. The Kier molecular flexibility index (Phi) is 7.35. The van der Waals surface area contributed by atoms with Gasteiger partial charge in [0.1, 0.15) is 13.2 Å². The first-order valence-corrected chi connectivity index (χ1v) is 6.98. The summed E-state index contributed by atoms with van der Waals surface area (Å²) in [4.78, 5) is 20.1. The molecule has 2 N–H and O–H groups in total. The van der Waals surface area contributed by atoms with Crippen molar-refractivity contribution < 1.29 is 27.8 Å². The van der Waals surface area contributed by atoms with Crippen molar-refractivity contribution in [3.05, 3.63) is 12.7 Å². The van der Waals surface area contributed by atoms with E-state index in [2.05, 4.69) is 16.4 Å². The van der Waals surface area contributed by atoms with Crippen LogP contribution in [0, 0.1) is 0 Å². The first-order valence-electron chi connectivity index (χ1n) is 5.49. The molecule has 0 fully saturated rings. The predicted molar refractivity (Wildman–Crippen MR) is 67.8 cm³/mol. The van der Waals surface area contributed by atoms with Gasteiger partial charge in [-0.2, -0.15) is 0 Å². The van der Waals surface area contributed by atoms with Gasteiger partial charge in [0.05, 0.1) is 27.7 Å². The molecule has 0 saturated heterocycles. The molecule has 1 unspecified atom stereocenters. The maximum Gasteiger partial charge on any atom is 0.472 e. The number of quaternary nitrogens is 1. The van der Waals surface area contributed by atoms with Gasteiger partial charge >= 0.3 is 7.82 Å². The number of phosphoric acid groups is 1. The molecule has 0 saturated carbocycles. The third-order valence-electron chi connectivity index (χ3n) is 1.86. The van der Waals surface area contributed by atoms with Gasteiger partial charge in [-0.15, -0.1) is 0 Å². The van der Waals surface area contributed by atoms with E-state index in [9.17, 15) is 14.3 Å². The third-order valence-corrected chi connectivity index (χ3v) is 2.88. The molecular weight excluding hydrogens is 259 g/mol. The average Bonchev–Trinajstić information content (AvgIpc) is 2.21. The SMILES string of the molecule is C=CC(=O)NCCOP(=O)(O)OCC[N+](C)(C)C. The maximum absolute atomic E-state index is 11.4. The molecule has 0 heterocycles. The summed E-state index contributed by atoms with van der Waals surface area (Å²) in [6, 6.07) is 0. The molecule has 0 bridgehead atoms. The number of nitrogens with one attached hydrogen (secondary N) is 1. The van der Waals surface area contributed by atoms with Gasteiger partial charge in [-0.05, 0) is 6.08 Å². The summed E-state index contributed by atoms with van der Waals surface area (Å²) in [5.74, 6) is -0.364. The number of likely N-dealkylation sites (N-methyl/N-ethyl adjacent to an activating group) is 1. The van der Waals surface area contributed by atoms with Crippen LogP contribution in [-0.2, 0) is 18.4 Å². The van der Waals surface area contributed by atoms with Crippen LogP contribution in [0.2, 0.25) is 0 Å². The van der Waals surface area contributed by atoms with E-state index < -0.39 is 7.82 Å². The zero-order valence-electron chi connectivity index (χ0n) is 11.1. The van der Waals surface area contributed by atoms with Gasteiger partial charge in [0.15, 0.2) is 0 Å². The number of hydrogen-bond donors (Lipinski definition) is 2. The smallest absolute Gasteiger partial charge is 0.350 e. The van der Waals surface area contributed by atoms with Crippen LogP contribution in [0.25, 0.3) is 0 Å². The summed E-state index contributed by atoms with van der Waals surface area (Å²) < 4.78 is 21.5. The number of carbonyl (C=O) groups excluding carboxylic acids is 1. The highest BCUT2D eigenvalue weighted by Crippen LogP contribution is 2.42. The van der Waals surface area contributed by atoms with Crippen molar-refractivity contribution >= 4 is 13.7 Å². The van der Waals surface area contributed by atoms with Crippen LogP contribution in [-0.4, -0.2) is 62.7 Å². The largest absolute Gasteiger partial charge is 0.472 e. The van der Waals surface area contributed by atoms with Gasteiger partial charge in [0.25, 0.3) is 0 Å². The Hall–Kier alpha value is -0.720. The van der Waals surface area contributed by atoms with Gasteiger partial charge in [0.2, 0.25) is 5.91 Å². The van der Waals surface area contributed by atoms with Crippen molar-refractivity contribution in [1.29, 1.82) is 0 Å². The molecule has 7 nitrogen and oxygen atoms in total. The second kappa shape index (κ2) is 7.66. The van der Waals surface area contributed by atoms with Crippen molar-refractivity contribution in [1.82, 2.24) is 5.32 Å². The Balaban J connectivity index is 3.77. The molecular formula is C10H22N2O5P+. The molecule has 8 heteroatoms. The van der Waals surface area contributed by atoms with Crippen molar-refractivity contribution in [2.75, 3.05) is 47.4 Å². The highest BCUT2D eigenvalue weighted by molar-refractivity contribution is 7.47. The van der Waals surface area contributed by atoms with Gasteiger partial charge < -0.3 is 14.7 Å². The fourth-order valence-electron chi connectivity index (χ4n) is 0.875. The minimum atomic E-state index is -4.03. The monoisotopic (exact) mass is 281 g/mol. The number of amides is 1. The molecule has 1 atom stereocenters. The van der Waals surface area contributed by atoms with E-state index in [4.69, 9.17) is 4.52 Å². The van der Waals surface area contributed by atoms with E-state index >= 15 is 0 Å². The van der Waals surface area contributed by atoms with Crippen LogP contribution < -0.4 is 5.32 Å². The van der Waals surface area contributed by atoms with Crippen molar-refractivity contribution in [3.63, 3.8) is 0 Å². The molecule has 0 aromatic carbocycles. The van der Waals surface area contributed by atoms with Gasteiger partial charge in [-0.1, -0.05) is 6.58 Å². The summed E-state index contributed by atoms with van der Waals surface area (Å²) in [7, 11) is 1.79. The highest BCUT2D eigenvalue weighted by atomic mass is 31.2. The highest BCUT2D eigenvalue weighted by Gasteiger charge is 2.22. The second-order valence-electron chi connectivity index (χ2n) is 4.64. The minimum Gasteiger partial charge on any atom is -0.350 e. The van der Waals surface area contributed by atoms with Crippen LogP contribution in [0.5, 0.6) is 0 Å². The summed E-state index contributed by atoms with van der Waals surface area (Å²) in [5.41, 5.74) is 0. The molecule has 0 aromatic rings. The molecule has 1 amide bonds. The zero-order valence-corrected chi connectivity index (χ0v) is 12.0. The lowest BCUT2D eigenvalue weighted by molar-refractivity contribution is -0.870. The predicted octanol–water partition coefficient (Wildman–Crippen LogP) is 0.128. The van der Waals surface area contributed by atoms with E-state index in [-0.39, 0.29) is 25.7 Å². The van der Waals surface area contributed by atoms with Gasteiger partial charge in [-0.25, -0.2) is 4.57 Å². The van der Waals surface area contributed by atoms with E-state index in [1.54, 1.807) is 0 Å². The molecule has 0 rings (SSSR count). The second-order valence-corrected chi connectivity index (χ2v) is 6.10. The van der Waals surface area contributed by atoms with E-state index in [0.717, 1.165) is 6.08 Å². The number of nitrogens with zero attached hydrogens (tertiary/aromatic N) is 1. The Morgan fingerprint density at radius 1 is 1.39 bits per heavy atom. The molecule has 106 valence electrons. The number of hydrogen-bond acceptors (Lipinski definition) is 4. The summed E-state index contributed by atoms with van der Waals surface area (Å²) in [6.45, 7) is 3.99. The normalized spacial score (nSPS) is 14.9. The Morgan fingerprint density at radius 3 is 2.44 bits per heavy atom. The van der Waals surface area contributed by atoms with E-state index in [0.29, 0.717) is 11.0 Å². The number of rotatable bonds is 9. The van der Waals surface area contributed by atoms with Gasteiger partial charge in [0, 0.05) is 6.54 Å². The zero-order chi connectivity index (χ0) is 14.2. The summed E-state index contributed by atoms with van der Waals surface area (Å²) >= 11 is 0. The van der Waals surface area contributed by atoms with Crippen LogP contribution in [0.3, 0.4) is 0 Å². The van der Waals surface area contributed by atoms with E-state index in [1.807, 2.05) is 21.1 Å². The maximum atomic E-state index is 11.4. The van der Waals surface area contributed by atoms with E-state index in [1.165, 1.54) is 0 Å². The fourth-order valence-corrected chi connectivity index (χ4v) is 1.58. The van der Waals surface area contributed by atoms with Crippen LogP contribution in [0.4, 0.5) is 0 Å². The van der Waals surface area contributed by atoms with Crippen molar-refractivity contribution in [3.8, 4) is 0 Å². The lowest BCUT2D eigenvalue weighted by atomic mass is 10.5. The Bertz CT molecular complexity index is 327. The molecule has 0 aliphatic heterocycles. The van der Waals surface area contributed by atoms with Gasteiger partial charge in [-0.3, -0.25) is 13.8 Å². The molecule has 0 radical (unpaired) electrons. The third kappa shape index (κ3) is 10.4. The van der Waals surface area contributed by atoms with Crippen molar-refractivity contribution in [2.24, 2.45) is 0 Å². The summed E-state index contributed by atoms with van der Waals surface area (Å²) in [5, 5.41) is 2.41. The molecule has 0 spiro atoms. The fraction of sp³-hybridized carbons (Fsp3) is 0.700. The number of carbonyl (C=O) groups is 1. The van der Waals surface area contributed by atoms with Crippen molar-refractivity contribution in [2.45, 2.75) is 0 Å². The Labute approximate surface area is 108 Å². The Morgan fingerprint density at radius 2 is 1.94 bits per heavy atom. The standard InChI is InChI=1S/C10H21N2O5P/c1-5-10(13)11-6-8-16-18(14,15)17-9-7-12(2,3)4/h5H,1,6-9H2,2-4H3,(H-,11,13,14,15)/p+1. The molecule has 0 aromatic heterocycles.